The topological polar surface area (TPSA) is 54.2 Å². The highest BCUT2D eigenvalue weighted by Crippen LogP contribution is 2.25. The third-order valence-corrected chi connectivity index (χ3v) is 4.25. The molecule has 2 aliphatic rings. The predicted octanol–water partition coefficient (Wildman–Crippen LogP) is 2.48. The molecule has 106 valence electrons. The molecule has 0 radical (unpaired) electrons. The summed E-state index contributed by atoms with van der Waals surface area (Å²) in [6.45, 7) is 0.705. The van der Waals surface area contributed by atoms with Crippen molar-refractivity contribution in [2.45, 2.75) is 70.0 Å². The minimum atomic E-state index is 0.562. The third kappa shape index (κ3) is 3.47. The summed E-state index contributed by atoms with van der Waals surface area (Å²) < 4.78 is 5.76. The first kappa shape index (κ1) is 12.9. The fourth-order valence-electron chi connectivity index (χ4n) is 2.78. The van der Waals surface area contributed by atoms with Crippen molar-refractivity contribution in [3.8, 4) is 0 Å². The summed E-state index contributed by atoms with van der Waals surface area (Å²) in [7, 11) is 2.08. The Bertz CT molecular complexity index is 394. The fourth-order valence-corrected chi connectivity index (χ4v) is 2.78. The Kier molecular flexibility index (Phi) is 4.01. The van der Waals surface area contributed by atoms with Crippen LogP contribution in [0.4, 0.5) is 6.01 Å². The van der Waals surface area contributed by atoms with Gasteiger partial charge in [-0.3, -0.25) is 0 Å². The second kappa shape index (κ2) is 5.90. The number of nitrogens with one attached hydrogen (secondary N) is 1. The molecule has 0 saturated heterocycles. The van der Waals surface area contributed by atoms with Crippen molar-refractivity contribution in [2.75, 3.05) is 11.9 Å². The van der Waals surface area contributed by atoms with Gasteiger partial charge in [-0.25, -0.2) is 0 Å². The summed E-state index contributed by atoms with van der Waals surface area (Å²) in [6.07, 6.45) is 10.4. The molecule has 0 aromatic carbocycles. The van der Waals surface area contributed by atoms with Gasteiger partial charge in [-0.15, -0.1) is 5.10 Å². The molecule has 0 aliphatic heterocycles. The molecule has 1 aromatic rings. The van der Waals surface area contributed by atoms with E-state index in [2.05, 4.69) is 27.5 Å². The summed E-state index contributed by atoms with van der Waals surface area (Å²) in [5.41, 5.74) is 0. The van der Waals surface area contributed by atoms with E-state index in [1.165, 1.54) is 51.4 Å². The molecule has 1 N–H and O–H groups in total. The van der Waals surface area contributed by atoms with E-state index in [9.17, 15) is 0 Å². The van der Waals surface area contributed by atoms with E-state index >= 15 is 0 Å². The molecule has 0 unspecified atom stereocenters. The van der Waals surface area contributed by atoms with Gasteiger partial charge in [-0.2, -0.15) is 0 Å². The Morgan fingerprint density at radius 3 is 2.53 bits per heavy atom. The largest absolute Gasteiger partial charge is 0.407 e. The van der Waals surface area contributed by atoms with Gasteiger partial charge in [-0.1, -0.05) is 30.8 Å². The maximum absolute atomic E-state index is 5.76. The second-order valence-electron chi connectivity index (χ2n) is 5.89. The lowest BCUT2D eigenvalue weighted by Crippen LogP contribution is -2.31. The molecule has 19 heavy (non-hydrogen) atoms. The van der Waals surface area contributed by atoms with Crippen LogP contribution in [0.1, 0.15) is 57.3 Å². The van der Waals surface area contributed by atoms with Crippen LogP contribution in [0.5, 0.6) is 0 Å². The van der Waals surface area contributed by atoms with Gasteiger partial charge in [0, 0.05) is 19.1 Å². The van der Waals surface area contributed by atoms with Gasteiger partial charge in [0.05, 0.1) is 6.54 Å². The Balaban J connectivity index is 1.56. The minimum Gasteiger partial charge on any atom is -0.407 e. The summed E-state index contributed by atoms with van der Waals surface area (Å²) in [5.74, 6) is 0.711. The monoisotopic (exact) mass is 264 g/mol. The van der Waals surface area contributed by atoms with Gasteiger partial charge in [0.15, 0.2) is 0 Å². The molecule has 0 bridgehead atoms. The van der Waals surface area contributed by atoms with Crippen molar-refractivity contribution in [3.63, 3.8) is 0 Å². The van der Waals surface area contributed by atoms with E-state index in [4.69, 9.17) is 4.42 Å². The maximum atomic E-state index is 5.76. The zero-order valence-electron chi connectivity index (χ0n) is 11.8. The van der Waals surface area contributed by atoms with Gasteiger partial charge in [-0.05, 0) is 25.7 Å². The van der Waals surface area contributed by atoms with E-state index in [0.717, 1.165) is 0 Å². The van der Waals surface area contributed by atoms with E-state index < -0.39 is 0 Å². The van der Waals surface area contributed by atoms with E-state index in [1.54, 1.807) is 0 Å². The Labute approximate surface area is 114 Å². The van der Waals surface area contributed by atoms with E-state index in [1.807, 2.05) is 0 Å². The molecule has 0 spiro atoms. The zero-order chi connectivity index (χ0) is 13.1. The summed E-state index contributed by atoms with van der Waals surface area (Å²) in [4.78, 5) is 2.18. The lowest BCUT2D eigenvalue weighted by molar-refractivity contribution is 0.441. The molecule has 1 heterocycles. The SMILES string of the molecule is CN(c1nnc(CNC2CC2)o1)C1CCCCCC1. The van der Waals surface area contributed by atoms with Crippen LogP contribution in [0.2, 0.25) is 0 Å². The second-order valence-corrected chi connectivity index (χ2v) is 5.89. The molecule has 5 heteroatoms. The van der Waals surface area contributed by atoms with Crippen molar-refractivity contribution in [3.05, 3.63) is 5.89 Å². The summed E-state index contributed by atoms with van der Waals surface area (Å²) in [5, 5.41) is 11.7. The molecule has 1 aromatic heterocycles. The Morgan fingerprint density at radius 2 is 1.84 bits per heavy atom. The fraction of sp³-hybridized carbons (Fsp3) is 0.857. The molecular formula is C14H24N4O. The van der Waals surface area contributed by atoms with Gasteiger partial charge < -0.3 is 14.6 Å². The number of hydrogen-bond acceptors (Lipinski definition) is 5. The van der Waals surface area contributed by atoms with E-state index in [0.29, 0.717) is 30.5 Å². The van der Waals surface area contributed by atoms with Crippen LogP contribution in [-0.2, 0) is 6.54 Å². The highest BCUT2D eigenvalue weighted by Gasteiger charge is 2.23. The minimum absolute atomic E-state index is 0.562. The highest BCUT2D eigenvalue weighted by atomic mass is 16.4. The number of hydrogen-bond donors (Lipinski definition) is 1. The molecule has 3 rings (SSSR count). The van der Waals surface area contributed by atoms with Gasteiger partial charge in [0.1, 0.15) is 0 Å². The average molecular weight is 264 g/mol. The molecule has 2 aliphatic carbocycles. The molecular weight excluding hydrogens is 240 g/mol. The molecule has 0 atom stereocenters. The predicted molar refractivity (Wildman–Crippen MR) is 74.1 cm³/mol. The average Bonchev–Trinajstić information content (AvgIpc) is 3.19. The first-order valence-electron chi connectivity index (χ1n) is 7.61. The number of aromatic nitrogens is 2. The van der Waals surface area contributed by atoms with Crippen LogP contribution in [-0.4, -0.2) is 29.3 Å². The van der Waals surface area contributed by atoms with Crippen LogP contribution in [0, 0.1) is 0 Å². The normalized spacial score (nSPS) is 21.3. The highest BCUT2D eigenvalue weighted by molar-refractivity contribution is 5.24. The standard InChI is InChI=1S/C14H24N4O/c1-18(12-6-4-2-3-5-7-12)14-17-16-13(19-14)10-15-11-8-9-11/h11-12,15H,2-10H2,1H3. The van der Waals surface area contributed by atoms with Crippen molar-refractivity contribution < 1.29 is 4.42 Å². The summed E-state index contributed by atoms with van der Waals surface area (Å²) >= 11 is 0. The van der Waals surface area contributed by atoms with Gasteiger partial charge in [0.25, 0.3) is 0 Å². The Hall–Kier alpha value is -1.10. The van der Waals surface area contributed by atoms with E-state index in [-0.39, 0.29) is 0 Å². The van der Waals surface area contributed by atoms with Crippen LogP contribution in [0.15, 0.2) is 4.42 Å². The lowest BCUT2D eigenvalue weighted by atomic mass is 10.1. The number of nitrogens with zero attached hydrogens (tertiary/aromatic N) is 3. The van der Waals surface area contributed by atoms with Gasteiger partial charge in [0.2, 0.25) is 5.89 Å². The first-order valence-corrected chi connectivity index (χ1v) is 7.61. The third-order valence-electron chi connectivity index (χ3n) is 4.25. The van der Waals surface area contributed by atoms with Crippen LogP contribution in [0.3, 0.4) is 0 Å². The maximum Gasteiger partial charge on any atom is 0.318 e. The van der Waals surface area contributed by atoms with Crippen LogP contribution in [0.25, 0.3) is 0 Å². The summed E-state index contributed by atoms with van der Waals surface area (Å²) in [6, 6.07) is 1.92. The zero-order valence-corrected chi connectivity index (χ0v) is 11.8. The first-order chi connectivity index (χ1) is 9.33. The molecule has 5 nitrogen and oxygen atoms in total. The van der Waals surface area contributed by atoms with Crippen molar-refractivity contribution in [1.29, 1.82) is 0 Å². The van der Waals surface area contributed by atoms with Crippen LogP contribution >= 0.6 is 0 Å². The van der Waals surface area contributed by atoms with Crippen molar-refractivity contribution >= 4 is 6.01 Å². The smallest absolute Gasteiger partial charge is 0.318 e. The van der Waals surface area contributed by atoms with Crippen molar-refractivity contribution in [2.24, 2.45) is 0 Å². The number of anilines is 1. The Morgan fingerprint density at radius 1 is 1.11 bits per heavy atom. The quantitative estimate of drug-likeness (QED) is 0.828. The number of rotatable bonds is 5. The van der Waals surface area contributed by atoms with Crippen molar-refractivity contribution in [1.82, 2.24) is 15.5 Å². The molecule has 2 fully saturated rings. The molecule has 2 saturated carbocycles. The van der Waals surface area contributed by atoms with Crippen LogP contribution < -0.4 is 10.2 Å². The van der Waals surface area contributed by atoms with Gasteiger partial charge >= 0.3 is 6.01 Å². The lowest BCUT2D eigenvalue weighted by Gasteiger charge is -2.24. The molecule has 0 amide bonds.